The largest absolute Gasteiger partial charge is 0.490 e. The molecule has 0 bridgehead atoms. The Kier molecular flexibility index (Phi) is 3.90. The second-order valence-electron chi connectivity index (χ2n) is 4.88. The predicted molar refractivity (Wildman–Crippen MR) is 71.6 cm³/mol. The number of nitro groups is 1. The first-order valence-electron chi connectivity index (χ1n) is 6.32. The number of benzene rings is 1. The monoisotopic (exact) mass is 266 g/mol. The molecule has 0 aromatic heterocycles. The van der Waals surface area contributed by atoms with Gasteiger partial charge in [-0.1, -0.05) is 18.9 Å². The summed E-state index contributed by atoms with van der Waals surface area (Å²) in [7, 11) is 1.41. The summed E-state index contributed by atoms with van der Waals surface area (Å²) < 4.78 is 5.03. The minimum absolute atomic E-state index is 0.0264. The molecule has 0 amide bonds. The normalized spacial score (nSPS) is 17.2. The molecule has 1 aromatic carbocycles. The molecule has 0 radical (unpaired) electrons. The number of aliphatic hydroxyl groups is 1. The van der Waals surface area contributed by atoms with Crippen LogP contribution in [0.5, 0.6) is 5.75 Å². The van der Waals surface area contributed by atoms with Crippen LogP contribution in [0.15, 0.2) is 18.2 Å². The van der Waals surface area contributed by atoms with Gasteiger partial charge in [-0.2, -0.15) is 0 Å². The Labute approximate surface area is 111 Å². The molecule has 0 saturated heterocycles. The van der Waals surface area contributed by atoms with Crippen molar-refractivity contribution in [2.24, 2.45) is 0 Å². The average molecular weight is 266 g/mol. The second kappa shape index (κ2) is 5.44. The summed E-state index contributed by atoms with van der Waals surface area (Å²) in [6, 6.07) is 4.91. The van der Waals surface area contributed by atoms with Crippen molar-refractivity contribution in [2.45, 2.75) is 31.2 Å². The molecule has 6 heteroatoms. The minimum Gasteiger partial charge on any atom is -0.490 e. The first-order valence-corrected chi connectivity index (χ1v) is 6.32. The van der Waals surface area contributed by atoms with Crippen molar-refractivity contribution in [1.29, 1.82) is 0 Å². The van der Waals surface area contributed by atoms with Crippen LogP contribution in [0.4, 0.5) is 11.4 Å². The number of hydrogen-bond acceptors (Lipinski definition) is 5. The lowest BCUT2D eigenvalue weighted by Gasteiger charge is -2.29. The Hall–Kier alpha value is -1.82. The van der Waals surface area contributed by atoms with Crippen LogP contribution < -0.4 is 10.1 Å². The fraction of sp³-hybridized carbons (Fsp3) is 0.538. The lowest BCUT2D eigenvalue weighted by atomic mass is 9.98. The van der Waals surface area contributed by atoms with Gasteiger partial charge in [-0.15, -0.1) is 0 Å². The summed E-state index contributed by atoms with van der Waals surface area (Å²) in [5.74, 6) is 0.223. The van der Waals surface area contributed by atoms with E-state index in [1.807, 2.05) is 0 Å². The summed E-state index contributed by atoms with van der Waals surface area (Å²) >= 11 is 0. The Bertz CT molecular complexity index is 470. The average Bonchev–Trinajstić information content (AvgIpc) is 2.87. The van der Waals surface area contributed by atoms with Crippen LogP contribution in [0, 0.1) is 10.1 Å². The Morgan fingerprint density at radius 2 is 2.16 bits per heavy atom. The molecule has 1 aliphatic rings. The van der Waals surface area contributed by atoms with Gasteiger partial charge in [0.1, 0.15) is 5.69 Å². The molecule has 6 nitrogen and oxygen atoms in total. The molecule has 1 aromatic rings. The molecule has 1 aliphatic carbocycles. The van der Waals surface area contributed by atoms with Crippen LogP contribution in [0.1, 0.15) is 25.7 Å². The zero-order valence-electron chi connectivity index (χ0n) is 10.9. The van der Waals surface area contributed by atoms with Crippen LogP contribution in [0.3, 0.4) is 0 Å². The topological polar surface area (TPSA) is 84.6 Å². The van der Waals surface area contributed by atoms with Gasteiger partial charge in [0, 0.05) is 0 Å². The van der Waals surface area contributed by atoms with E-state index >= 15 is 0 Å². The minimum atomic E-state index is -0.457. The van der Waals surface area contributed by atoms with Crippen LogP contribution >= 0.6 is 0 Å². The number of anilines is 1. The van der Waals surface area contributed by atoms with Gasteiger partial charge in [0.15, 0.2) is 5.75 Å². The maximum absolute atomic E-state index is 11.2. The van der Waals surface area contributed by atoms with Crippen LogP contribution in [-0.4, -0.2) is 29.3 Å². The fourth-order valence-corrected chi connectivity index (χ4v) is 2.64. The number of ether oxygens (including phenoxy) is 1. The van der Waals surface area contributed by atoms with Gasteiger partial charge in [-0.25, -0.2) is 0 Å². The quantitative estimate of drug-likeness (QED) is 0.631. The Balaban J connectivity index is 2.36. The maximum Gasteiger partial charge on any atom is 0.333 e. The summed E-state index contributed by atoms with van der Waals surface area (Å²) in [6.07, 6.45) is 3.67. The molecule has 0 unspecified atom stereocenters. The van der Waals surface area contributed by atoms with Crippen molar-refractivity contribution < 1.29 is 14.8 Å². The highest BCUT2D eigenvalue weighted by Crippen LogP contribution is 2.39. The molecule has 104 valence electrons. The van der Waals surface area contributed by atoms with Gasteiger partial charge in [-0.3, -0.25) is 10.1 Å². The third-order valence-corrected chi connectivity index (χ3v) is 3.66. The number of hydrogen-bond donors (Lipinski definition) is 2. The van der Waals surface area contributed by atoms with Crippen LogP contribution in [0.2, 0.25) is 0 Å². The van der Waals surface area contributed by atoms with E-state index in [1.165, 1.54) is 7.11 Å². The molecule has 0 aliphatic heterocycles. The lowest BCUT2D eigenvalue weighted by Crippen LogP contribution is -2.39. The highest BCUT2D eigenvalue weighted by Gasteiger charge is 2.35. The van der Waals surface area contributed by atoms with Gasteiger partial charge >= 0.3 is 5.69 Å². The molecule has 2 rings (SSSR count). The SMILES string of the molecule is COc1cccc(NC2(CO)CCCC2)c1[N+](=O)[O-]. The van der Waals surface area contributed by atoms with E-state index in [9.17, 15) is 15.2 Å². The number of aliphatic hydroxyl groups excluding tert-OH is 1. The summed E-state index contributed by atoms with van der Waals surface area (Å²) in [5, 5.41) is 23.9. The molecule has 0 atom stereocenters. The van der Waals surface area contributed by atoms with E-state index < -0.39 is 10.5 Å². The molecule has 1 fully saturated rings. The van der Waals surface area contributed by atoms with E-state index in [-0.39, 0.29) is 18.0 Å². The standard InChI is InChI=1S/C13H18N2O4/c1-19-11-6-4-5-10(12(11)15(17)18)14-13(9-16)7-2-3-8-13/h4-6,14,16H,2-3,7-9H2,1H3. The van der Waals surface area contributed by atoms with E-state index in [0.717, 1.165) is 25.7 Å². The number of rotatable bonds is 5. The summed E-state index contributed by atoms with van der Waals surface area (Å²) in [5.41, 5.74) is -0.123. The molecule has 19 heavy (non-hydrogen) atoms. The molecular formula is C13H18N2O4. The summed E-state index contributed by atoms with van der Waals surface area (Å²) in [6.45, 7) is -0.0264. The van der Waals surface area contributed by atoms with E-state index in [0.29, 0.717) is 5.69 Å². The number of nitrogens with zero attached hydrogens (tertiary/aromatic N) is 1. The highest BCUT2D eigenvalue weighted by molar-refractivity contribution is 5.69. The van der Waals surface area contributed by atoms with Gasteiger partial charge in [0.25, 0.3) is 0 Å². The van der Waals surface area contributed by atoms with E-state index in [4.69, 9.17) is 4.74 Å². The summed E-state index contributed by atoms with van der Waals surface area (Å²) in [4.78, 5) is 10.7. The fourth-order valence-electron chi connectivity index (χ4n) is 2.64. The van der Waals surface area contributed by atoms with Crippen LogP contribution in [-0.2, 0) is 0 Å². The molecular weight excluding hydrogens is 248 g/mol. The number of para-hydroxylation sites is 1. The molecule has 2 N–H and O–H groups in total. The second-order valence-corrected chi connectivity index (χ2v) is 4.88. The van der Waals surface area contributed by atoms with Gasteiger partial charge in [-0.05, 0) is 25.0 Å². The van der Waals surface area contributed by atoms with Gasteiger partial charge in [0.05, 0.1) is 24.2 Å². The predicted octanol–water partition coefficient (Wildman–Crippen LogP) is 2.32. The lowest BCUT2D eigenvalue weighted by molar-refractivity contribution is -0.384. The molecule has 0 spiro atoms. The van der Waals surface area contributed by atoms with E-state index in [2.05, 4.69) is 5.32 Å². The first kappa shape index (κ1) is 13.6. The van der Waals surface area contributed by atoms with Crippen molar-refractivity contribution in [3.8, 4) is 5.75 Å². The maximum atomic E-state index is 11.2. The third-order valence-electron chi connectivity index (χ3n) is 3.66. The smallest absolute Gasteiger partial charge is 0.333 e. The number of methoxy groups -OCH3 is 1. The van der Waals surface area contributed by atoms with E-state index in [1.54, 1.807) is 18.2 Å². The third kappa shape index (κ3) is 2.63. The Morgan fingerprint density at radius 1 is 1.47 bits per heavy atom. The van der Waals surface area contributed by atoms with Crippen molar-refractivity contribution >= 4 is 11.4 Å². The zero-order chi connectivity index (χ0) is 13.9. The van der Waals surface area contributed by atoms with Crippen molar-refractivity contribution in [3.63, 3.8) is 0 Å². The first-order chi connectivity index (χ1) is 9.12. The highest BCUT2D eigenvalue weighted by atomic mass is 16.6. The Morgan fingerprint density at radius 3 is 2.68 bits per heavy atom. The van der Waals surface area contributed by atoms with Crippen molar-refractivity contribution in [2.75, 3.05) is 19.0 Å². The van der Waals surface area contributed by atoms with Crippen molar-refractivity contribution in [1.82, 2.24) is 0 Å². The van der Waals surface area contributed by atoms with Gasteiger partial charge in [0.2, 0.25) is 0 Å². The van der Waals surface area contributed by atoms with Crippen molar-refractivity contribution in [3.05, 3.63) is 28.3 Å². The molecule has 0 heterocycles. The zero-order valence-corrected chi connectivity index (χ0v) is 10.9. The number of nitro benzene ring substituents is 1. The molecule has 1 saturated carbocycles. The number of nitrogens with one attached hydrogen (secondary N) is 1. The van der Waals surface area contributed by atoms with Crippen LogP contribution in [0.25, 0.3) is 0 Å². The van der Waals surface area contributed by atoms with Gasteiger partial charge < -0.3 is 15.2 Å².